The van der Waals surface area contributed by atoms with Crippen LogP contribution in [0.5, 0.6) is 0 Å². The Labute approximate surface area is 121 Å². The number of nitrogens with zero attached hydrogens (tertiary/aromatic N) is 2. The molecule has 3 rings (SSSR count). The molecule has 94 valence electrons. The summed E-state index contributed by atoms with van der Waals surface area (Å²) in [4.78, 5) is 8.69. The Morgan fingerprint density at radius 2 is 1.26 bits per heavy atom. The van der Waals surface area contributed by atoms with Crippen LogP contribution in [0.25, 0.3) is 21.8 Å². The second-order valence-electron chi connectivity index (χ2n) is 4.57. The molecular weight excluding hydrogens is 286 g/mol. The summed E-state index contributed by atoms with van der Waals surface area (Å²) in [7, 11) is 0. The van der Waals surface area contributed by atoms with Gasteiger partial charge in [-0.1, -0.05) is 24.3 Å². The standard InChI is InChI=1S/C12H8N2.2C2H5.Zn/c1-3-9-5-6-10-4-2-8-14-12(10)11(9)13-7-1;2*1-2;/h1-8H;2*1H2,2H3;. The van der Waals surface area contributed by atoms with E-state index in [0.29, 0.717) is 0 Å². The van der Waals surface area contributed by atoms with Gasteiger partial charge in [-0.2, -0.15) is 0 Å². The average molecular weight is 304 g/mol. The minimum atomic E-state index is 0.0972. The van der Waals surface area contributed by atoms with Gasteiger partial charge in [0, 0.05) is 23.2 Å². The summed E-state index contributed by atoms with van der Waals surface area (Å²) in [5, 5.41) is 5.34. The summed E-state index contributed by atoms with van der Waals surface area (Å²) in [6.07, 6.45) is 3.60. The molecule has 0 unspecified atom stereocenters. The Hall–Kier alpha value is -1.34. The Balaban J connectivity index is 0.000000232. The van der Waals surface area contributed by atoms with Gasteiger partial charge in [0.05, 0.1) is 11.0 Å². The zero-order valence-electron chi connectivity index (χ0n) is 11.6. The molecule has 2 nitrogen and oxygen atoms in total. The van der Waals surface area contributed by atoms with E-state index in [1.807, 2.05) is 12.1 Å². The van der Waals surface area contributed by atoms with Crippen molar-refractivity contribution in [3.05, 3.63) is 48.8 Å². The Kier molecular flexibility index (Phi) is 5.41. The van der Waals surface area contributed by atoms with Crippen molar-refractivity contribution in [1.29, 1.82) is 0 Å². The van der Waals surface area contributed by atoms with E-state index in [1.165, 1.54) is 10.0 Å². The van der Waals surface area contributed by atoms with E-state index in [0.717, 1.165) is 21.8 Å². The van der Waals surface area contributed by atoms with Crippen molar-refractivity contribution < 1.29 is 17.1 Å². The van der Waals surface area contributed by atoms with Gasteiger partial charge in [0.15, 0.2) is 0 Å². The molecular formula is C16H18N2Zn. The number of aromatic nitrogens is 2. The maximum atomic E-state index is 4.35. The minimum Gasteiger partial charge on any atom is -0.254 e. The van der Waals surface area contributed by atoms with Crippen LogP contribution in [0.15, 0.2) is 48.8 Å². The average Bonchev–Trinajstić information content (AvgIpc) is 2.49. The van der Waals surface area contributed by atoms with Gasteiger partial charge >= 0.3 is 41.0 Å². The normalized spacial score (nSPS) is 9.79. The van der Waals surface area contributed by atoms with Gasteiger partial charge < -0.3 is 0 Å². The molecule has 2 heterocycles. The molecule has 1 aromatic carbocycles. The fourth-order valence-electron chi connectivity index (χ4n) is 2.03. The van der Waals surface area contributed by atoms with Gasteiger partial charge in [-0.05, 0) is 12.1 Å². The van der Waals surface area contributed by atoms with Crippen molar-refractivity contribution in [1.82, 2.24) is 9.97 Å². The summed E-state index contributed by atoms with van der Waals surface area (Å²) in [6, 6.07) is 12.1. The molecule has 0 aliphatic rings. The third-order valence-electron chi connectivity index (χ3n) is 3.05. The van der Waals surface area contributed by atoms with Crippen molar-refractivity contribution in [3.63, 3.8) is 0 Å². The van der Waals surface area contributed by atoms with Crippen LogP contribution in [0.4, 0.5) is 0 Å². The molecule has 0 amide bonds. The Bertz CT molecular complexity index is 595. The smallest absolute Gasteiger partial charge is 0.0964 e. The largest absolute Gasteiger partial charge is 0.254 e. The molecule has 3 aromatic rings. The quantitative estimate of drug-likeness (QED) is 0.505. The first kappa shape index (κ1) is 14.1. The van der Waals surface area contributed by atoms with E-state index >= 15 is 0 Å². The molecule has 0 aliphatic carbocycles. The van der Waals surface area contributed by atoms with Crippen LogP contribution < -0.4 is 0 Å². The minimum absolute atomic E-state index is 0.0972. The third-order valence-corrected chi connectivity index (χ3v) is 6.02. The maximum absolute atomic E-state index is 4.35. The summed E-state index contributed by atoms with van der Waals surface area (Å²) >= 11 is 0.0972. The van der Waals surface area contributed by atoms with Gasteiger partial charge in [0.2, 0.25) is 0 Å². The van der Waals surface area contributed by atoms with Crippen LogP contribution in [0.1, 0.15) is 13.8 Å². The van der Waals surface area contributed by atoms with Crippen LogP contribution >= 0.6 is 0 Å². The topological polar surface area (TPSA) is 25.8 Å². The monoisotopic (exact) mass is 302 g/mol. The Morgan fingerprint density at radius 3 is 1.63 bits per heavy atom. The molecule has 0 bridgehead atoms. The van der Waals surface area contributed by atoms with Crippen molar-refractivity contribution in [2.45, 2.75) is 23.9 Å². The first-order chi connectivity index (χ1) is 9.36. The van der Waals surface area contributed by atoms with Crippen molar-refractivity contribution >= 4 is 21.8 Å². The Morgan fingerprint density at radius 1 is 0.789 bits per heavy atom. The molecule has 19 heavy (non-hydrogen) atoms. The van der Waals surface area contributed by atoms with E-state index in [1.54, 1.807) is 12.4 Å². The summed E-state index contributed by atoms with van der Waals surface area (Å²) in [5.41, 5.74) is 1.95. The number of pyridine rings is 2. The van der Waals surface area contributed by atoms with Crippen LogP contribution in [-0.4, -0.2) is 9.97 Å². The van der Waals surface area contributed by atoms with Crippen molar-refractivity contribution in [2.24, 2.45) is 0 Å². The molecule has 0 atom stereocenters. The molecule has 0 fully saturated rings. The van der Waals surface area contributed by atoms with Crippen molar-refractivity contribution in [2.75, 3.05) is 0 Å². The van der Waals surface area contributed by atoms with E-state index in [4.69, 9.17) is 0 Å². The van der Waals surface area contributed by atoms with Gasteiger partial charge in [-0.3, -0.25) is 9.97 Å². The van der Waals surface area contributed by atoms with E-state index in [-0.39, 0.29) is 17.1 Å². The second-order valence-corrected chi connectivity index (χ2v) is 10.2. The number of hydrogen-bond acceptors (Lipinski definition) is 2. The predicted octanol–water partition coefficient (Wildman–Crippen LogP) is 4.73. The van der Waals surface area contributed by atoms with Crippen molar-refractivity contribution in [3.8, 4) is 0 Å². The zero-order chi connectivity index (χ0) is 13.5. The molecule has 2 aromatic heterocycles. The van der Waals surface area contributed by atoms with Gasteiger partial charge in [-0.25, -0.2) is 0 Å². The van der Waals surface area contributed by atoms with Gasteiger partial charge in [-0.15, -0.1) is 0 Å². The first-order valence-electron chi connectivity index (χ1n) is 6.95. The second kappa shape index (κ2) is 7.30. The molecule has 0 N–H and O–H groups in total. The van der Waals surface area contributed by atoms with E-state index < -0.39 is 0 Å². The molecule has 0 saturated heterocycles. The van der Waals surface area contributed by atoms with Gasteiger partial charge in [0.1, 0.15) is 0 Å². The molecule has 0 spiro atoms. The maximum Gasteiger partial charge on any atom is 0.0964 e. The number of hydrogen-bond donors (Lipinski definition) is 0. The number of fused-ring (bicyclic) bond motifs is 3. The van der Waals surface area contributed by atoms with Gasteiger partial charge in [0.25, 0.3) is 0 Å². The molecule has 3 heteroatoms. The number of rotatable bonds is 2. The van der Waals surface area contributed by atoms with Crippen LogP contribution in [0, 0.1) is 0 Å². The molecule has 0 saturated carbocycles. The van der Waals surface area contributed by atoms with Crippen LogP contribution in [0.2, 0.25) is 10.0 Å². The fourth-order valence-corrected chi connectivity index (χ4v) is 3.52. The van der Waals surface area contributed by atoms with Crippen LogP contribution in [0.3, 0.4) is 0 Å². The summed E-state index contributed by atoms with van der Waals surface area (Å²) < 4.78 is 0. The molecule has 0 radical (unpaired) electrons. The predicted molar refractivity (Wildman–Crippen MR) is 78.0 cm³/mol. The fraction of sp³-hybridized carbons (Fsp3) is 0.250. The summed E-state index contributed by atoms with van der Waals surface area (Å²) in [6.45, 7) is 4.59. The summed E-state index contributed by atoms with van der Waals surface area (Å²) in [5.74, 6) is 0. The van der Waals surface area contributed by atoms with E-state index in [9.17, 15) is 0 Å². The third kappa shape index (κ3) is 3.57. The first-order valence-corrected chi connectivity index (χ1v) is 11.1. The number of benzene rings is 1. The SMILES string of the molecule is C[CH2][Zn][CH2]C.c1cnc2c(c1)ccc1cccnc12. The van der Waals surface area contributed by atoms with E-state index in [2.05, 4.69) is 48.1 Å². The zero-order valence-corrected chi connectivity index (χ0v) is 14.6. The molecule has 0 aliphatic heterocycles. The van der Waals surface area contributed by atoms with Crippen LogP contribution in [-0.2, 0) is 17.1 Å².